The molecule has 2 aromatic carbocycles. The third-order valence-corrected chi connectivity index (χ3v) is 4.94. The molecule has 1 aromatic heterocycles. The smallest absolute Gasteiger partial charge is 0.123 e. The molecule has 0 aliphatic carbocycles. The predicted octanol–water partition coefficient (Wildman–Crippen LogP) is 4.28. The van der Waals surface area contributed by atoms with Crippen molar-refractivity contribution < 1.29 is 4.39 Å². The quantitative estimate of drug-likeness (QED) is 0.766. The van der Waals surface area contributed by atoms with E-state index in [0.29, 0.717) is 0 Å². The van der Waals surface area contributed by atoms with Crippen molar-refractivity contribution in [1.29, 1.82) is 0 Å². The van der Waals surface area contributed by atoms with E-state index in [1.165, 1.54) is 11.8 Å². The first-order valence-electron chi connectivity index (χ1n) is 8.17. The second-order valence-corrected chi connectivity index (χ2v) is 6.68. The molecule has 1 aliphatic rings. The Labute approximate surface area is 145 Å². The number of aromatic nitrogens is 1. The van der Waals surface area contributed by atoms with Gasteiger partial charge in [-0.25, -0.2) is 4.39 Å². The number of hydrogen-bond donors (Lipinski definition) is 1. The van der Waals surface area contributed by atoms with Crippen molar-refractivity contribution in [3.63, 3.8) is 0 Å². The van der Waals surface area contributed by atoms with Crippen LogP contribution in [0.1, 0.15) is 5.56 Å². The molecule has 1 aliphatic heterocycles. The summed E-state index contributed by atoms with van der Waals surface area (Å²) in [7, 11) is 0. The second-order valence-electron chi connectivity index (χ2n) is 6.24. The summed E-state index contributed by atoms with van der Waals surface area (Å²) in [4.78, 5) is 8.02. The molecule has 1 saturated heterocycles. The van der Waals surface area contributed by atoms with Crippen molar-refractivity contribution in [2.24, 2.45) is 0 Å². The first kappa shape index (κ1) is 15.5. The minimum atomic E-state index is -0.184. The van der Waals surface area contributed by atoms with E-state index in [9.17, 15) is 4.39 Å². The molecule has 0 saturated carbocycles. The Hall–Kier alpha value is -2.04. The van der Waals surface area contributed by atoms with Crippen LogP contribution in [0.4, 0.5) is 10.1 Å². The summed E-state index contributed by atoms with van der Waals surface area (Å²) in [5, 5.41) is 1.75. The molecule has 0 radical (unpaired) electrons. The van der Waals surface area contributed by atoms with Gasteiger partial charge in [-0.3, -0.25) is 4.90 Å². The molecule has 0 spiro atoms. The van der Waals surface area contributed by atoms with E-state index in [1.807, 2.05) is 18.3 Å². The number of hydrogen-bond acceptors (Lipinski definition) is 2. The summed E-state index contributed by atoms with van der Waals surface area (Å²) in [5.74, 6) is -0.184. The molecule has 0 bridgehead atoms. The van der Waals surface area contributed by atoms with E-state index in [2.05, 4.69) is 26.9 Å². The maximum absolute atomic E-state index is 13.5. The van der Waals surface area contributed by atoms with E-state index < -0.39 is 0 Å². The van der Waals surface area contributed by atoms with E-state index in [1.54, 1.807) is 12.1 Å². The van der Waals surface area contributed by atoms with Crippen LogP contribution in [0.25, 0.3) is 10.9 Å². The van der Waals surface area contributed by atoms with Gasteiger partial charge in [0.15, 0.2) is 0 Å². The molecule has 3 aromatic rings. The number of benzene rings is 2. The molecule has 0 atom stereocenters. The summed E-state index contributed by atoms with van der Waals surface area (Å²) in [6.45, 7) is 4.80. The Morgan fingerprint density at radius 1 is 1.00 bits per heavy atom. The van der Waals surface area contributed by atoms with Crippen LogP contribution >= 0.6 is 11.6 Å². The lowest BCUT2D eigenvalue weighted by molar-refractivity contribution is 0.250. The zero-order chi connectivity index (χ0) is 16.5. The van der Waals surface area contributed by atoms with Gasteiger partial charge in [0.2, 0.25) is 0 Å². The van der Waals surface area contributed by atoms with Gasteiger partial charge in [-0.05, 0) is 48.0 Å². The van der Waals surface area contributed by atoms with Gasteiger partial charge in [-0.2, -0.15) is 0 Å². The number of halogens is 2. The van der Waals surface area contributed by atoms with Crippen LogP contribution < -0.4 is 4.90 Å². The van der Waals surface area contributed by atoms with Gasteiger partial charge in [0, 0.05) is 60.5 Å². The van der Waals surface area contributed by atoms with Crippen molar-refractivity contribution in [2.45, 2.75) is 6.54 Å². The molecule has 1 fully saturated rings. The number of fused-ring (bicyclic) bond motifs is 1. The molecule has 2 heterocycles. The highest BCUT2D eigenvalue weighted by atomic mass is 35.5. The normalized spacial score (nSPS) is 16.0. The van der Waals surface area contributed by atoms with Crippen molar-refractivity contribution in [2.75, 3.05) is 31.1 Å². The first-order valence-corrected chi connectivity index (χ1v) is 8.55. The number of nitrogens with zero attached hydrogens (tertiary/aromatic N) is 2. The van der Waals surface area contributed by atoms with Gasteiger partial charge >= 0.3 is 0 Å². The fourth-order valence-corrected chi connectivity index (χ4v) is 3.46. The lowest BCUT2D eigenvalue weighted by Crippen LogP contribution is -2.45. The van der Waals surface area contributed by atoms with Gasteiger partial charge in [0.05, 0.1) is 0 Å². The molecule has 0 unspecified atom stereocenters. The highest BCUT2D eigenvalue weighted by molar-refractivity contribution is 6.30. The predicted molar refractivity (Wildman–Crippen MR) is 97.2 cm³/mol. The molecule has 24 heavy (non-hydrogen) atoms. The van der Waals surface area contributed by atoms with Crippen LogP contribution in [0, 0.1) is 5.82 Å². The second kappa shape index (κ2) is 6.46. The molecular weight excluding hydrogens is 325 g/mol. The Morgan fingerprint density at radius 3 is 2.50 bits per heavy atom. The molecule has 0 amide bonds. The number of nitrogens with one attached hydrogen (secondary N) is 1. The zero-order valence-electron chi connectivity index (χ0n) is 13.3. The lowest BCUT2D eigenvalue weighted by Gasteiger charge is -2.36. The summed E-state index contributed by atoms with van der Waals surface area (Å²) in [5.41, 5.74) is 3.36. The van der Waals surface area contributed by atoms with Crippen LogP contribution in [0.5, 0.6) is 0 Å². The topological polar surface area (TPSA) is 22.3 Å². The van der Waals surface area contributed by atoms with E-state index in [0.717, 1.165) is 54.2 Å². The minimum absolute atomic E-state index is 0.184. The number of H-pyrrole nitrogens is 1. The summed E-state index contributed by atoms with van der Waals surface area (Å²) in [6, 6.07) is 12.9. The summed E-state index contributed by atoms with van der Waals surface area (Å²) < 4.78 is 13.5. The van der Waals surface area contributed by atoms with Gasteiger partial charge in [0.25, 0.3) is 0 Å². The van der Waals surface area contributed by atoms with Crippen LogP contribution in [0.15, 0.2) is 48.7 Å². The Bertz CT molecular complexity index is 835. The molecular formula is C19H19ClFN3. The van der Waals surface area contributed by atoms with Gasteiger partial charge in [0.1, 0.15) is 5.82 Å². The maximum atomic E-state index is 13.5. The van der Waals surface area contributed by atoms with Crippen LogP contribution in [0.2, 0.25) is 5.02 Å². The third-order valence-electron chi connectivity index (χ3n) is 4.69. The van der Waals surface area contributed by atoms with E-state index in [4.69, 9.17) is 11.6 Å². The highest BCUT2D eigenvalue weighted by Crippen LogP contribution is 2.23. The van der Waals surface area contributed by atoms with Gasteiger partial charge in [-0.1, -0.05) is 11.6 Å². The lowest BCUT2D eigenvalue weighted by atomic mass is 10.1. The summed E-state index contributed by atoms with van der Waals surface area (Å²) >= 11 is 5.96. The number of anilines is 1. The largest absolute Gasteiger partial charge is 0.369 e. The zero-order valence-corrected chi connectivity index (χ0v) is 14.1. The van der Waals surface area contributed by atoms with Crippen molar-refractivity contribution in [3.05, 3.63) is 65.1 Å². The highest BCUT2D eigenvalue weighted by Gasteiger charge is 2.18. The van der Waals surface area contributed by atoms with Crippen molar-refractivity contribution >= 4 is 28.2 Å². The third kappa shape index (κ3) is 3.12. The Balaban J connectivity index is 1.42. The minimum Gasteiger partial charge on any atom is -0.369 e. The molecule has 124 valence electrons. The summed E-state index contributed by atoms with van der Waals surface area (Å²) in [6.07, 6.45) is 2.00. The van der Waals surface area contributed by atoms with Crippen LogP contribution in [-0.2, 0) is 6.54 Å². The maximum Gasteiger partial charge on any atom is 0.123 e. The molecule has 3 nitrogen and oxygen atoms in total. The average Bonchev–Trinajstić information content (AvgIpc) is 2.98. The Kier molecular flexibility index (Phi) is 4.17. The SMILES string of the molecule is Fc1ccc2[nH]cc(CN3CCN(c4ccc(Cl)cc4)CC3)c2c1. The van der Waals surface area contributed by atoms with Crippen LogP contribution in [0.3, 0.4) is 0 Å². The molecule has 5 heteroatoms. The number of aromatic amines is 1. The molecule has 1 N–H and O–H groups in total. The fourth-order valence-electron chi connectivity index (χ4n) is 3.34. The first-order chi connectivity index (χ1) is 11.7. The molecule has 4 rings (SSSR count). The van der Waals surface area contributed by atoms with E-state index >= 15 is 0 Å². The van der Waals surface area contributed by atoms with Crippen LogP contribution in [-0.4, -0.2) is 36.1 Å². The van der Waals surface area contributed by atoms with Crippen molar-refractivity contribution in [1.82, 2.24) is 9.88 Å². The monoisotopic (exact) mass is 343 g/mol. The fraction of sp³-hybridized carbons (Fsp3) is 0.263. The number of piperazine rings is 1. The standard InChI is InChI=1S/C19H19ClFN3/c20-15-1-4-17(5-2-15)24-9-7-23(8-10-24)13-14-12-22-19-6-3-16(21)11-18(14)19/h1-6,11-12,22H,7-10,13H2. The van der Waals surface area contributed by atoms with Gasteiger partial charge in [-0.15, -0.1) is 0 Å². The Morgan fingerprint density at radius 2 is 1.75 bits per heavy atom. The van der Waals surface area contributed by atoms with Crippen molar-refractivity contribution in [3.8, 4) is 0 Å². The van der Waals surface area contributed by atoms with E-state index in [-0.39, 0.29) is 5.82 Å². The average molecular weight is 344 g/mol. The number of rotatable bonds is 3. The van der Waals surface area contributed by atoms with Gasteiger partial charge < -0.3 is 9.88 Å².